The molecule has 0 atom stereocenters. The number of amides is 1. The lowest BCUT2D eigenvalue weighted by molar-refractivity contribution is -0.120. The van der Waals surface area contributed by atoms with E-state index >= 15 is 0 Å². The van der Waals surface area contributed by atoms with E-state index in [1.807, 2.05) is 0 Å². The Labute approximate surface area is 113 Å². The number of sulfonamides is 1. The van der Waals surface area contributed by atoms with Crippen LogP contribution in [0.25, 0.3) is 0 Å². The molecule has 0 aliphatic carbocycles. The topological polar surface area (TPSA) is 101 Å². The second kappa shape index (κ2) is 5.28. The first-order chi connectivity index (χ1) is 8.59. The van der Waals surface area contributed by atoms with Crippen LogP contribution in [0.2, 0.25) is 0 Å². The van der Waals surface area contributed by atoms with Gasteiger partial charge in [0.1, 0.15) is 0 Å². The Morgan fingerprint density at radius 3 is 2.37 bits per heavy atom. The highest BCUT2D eigenvalue weighted by Gasteiger charge is 2.23. The van der Waals surface area contributed by atoms with Gasteiger partial charge < -0.3 is 11.1 Å². The van der Waals surface area contributed by atoms with Crippen LogP contribution in [-0.4, -0.2) is 26.9 Å². The second-order valence-corrected chi connectivity index (χ2v) is 6.67. The molecule has 7 heteroatoms. The number of nitrogens with two attached hydrogens (primary N) is 1. The normalized spacial score (nSPS) is 12.3. The van der Waals surface area contributed by atoms with Crippen LogP contribution in [0.4, 0.5) is 5.69 Å². The van der Waals surface area contributed by atoms with Crippen LogP contribution in [-0.2, 0) is 14.8 Å². The third kappa shape index (κ3) is 3.52. The van der Waals surface area contributed by atoms with Crippen LogP contribution in [0.15, 0.2) is 23.1 Å². The van der Waals surface area contributed by atoms with E-state index in [9.17, 15) is 13.2 Å². The third-order valence-electron chi connectivity index (χ3n) is 2.68. The molecule has 0 spiro atoms. The molecule has 0 bridgehead atoms. The van der Waals surface area contributed by atoms with E-state index in [2.05, 4.69) is 10.0 Å². The number of nitrogens with one attached hydrogen (secondary N) is 2. The largest absolute Gasteiger partial charge is 0.324 e. The van der Waals surface area contributed by atoms with Crippen LogP contribution in [0.1, 0.15) is 19.4 Å². The molecule has 0 saturated carbocycles. The molecule has 0 heterocycles. The molecule has 19 heavy (non-hydrogen) atoms. The van der Waals surface area contributed by atoms with Gasteiger partial charge in [-0.1, -0.05) is 6.07 Å². The summed E-state index contributed by atoms with van der Waals surface area (Å²) < 4.78 is 25.9. The highest BCUT2D eigenvalue weighted by Crippen LogP contribution is 2.23. The van der Waals surface area contributed by atoms with Crippen LogP contribution < -0.4 is 15.8 Å². The lowest BCUT2D eigenvalue weighted by Gasteiger charge is -2.19. The summed E-state index contributed by atoms with van der Waals surface area (Å²) in [6.45, 7) is 4.78. The summed E-state index contributed by atoms with van der Waals surface area (Å²) in [6, 6.07) is 4.68. The summed E-state index contributed by atoms with van der Waals surface area (Å²) in [5.74, 6) is -0.380. The Balaban J connectivity index is 3.20. The molecular formula is C12H19N3O3S. The van der Waals surface area contributed by atoms with Gasteiger partial charge >= 0.3 is 0 Å². The first-order valence-corrected chi connectivity index (χ1v) is 7.21. The number of hydrogen-bond acceptors (Lipinski definition) is 4. The predicted molar refractivity (Wildman–Crippen MR) is 74.3 cm³/mol. The van der Waals surface area contributed by atoms with Crippen LogP contribution in [0, 0.1) is 6.92 Å². The molecule has 6 nitrogen and oxygen atoms in total. The molecule has 0 aromatic heterocycles. The number of benzene rings is 1. The number of carbonyl (C=O) groups is 1. The van der Waals surface area contributed by atoms with E-state index in [0.29, 0.717) is 11.3 Å². The lowest BCUT2D eigenvalue weighted by atomic mass is 10.1. The van der Waals surface area contributed by atoms with E-state index < -0.39 is 15.6 Å². The maximum atomic E-state index is 11.8. The molecule has 1 amide bonds. The highest BCUT2D eigenvalue weighted by molar-refractivity contribution is 7.89. The van der Waals surface area contributed by atoms with Crippen molar-refractivity contribution in [2.24, 2.45) is 5.73 Å². The fraction of sp³-hybridized carbons (Fsp3) is 0.417. The van der Waals surface area contributed by atoms with E-state index in [1.54, 1.807) is 32.9 Å². The van der Waals surface area contributed by atoms with Gasteiger partial charge in [0.25, 0.3) is 0 Å². The smallest absolute Gasteiger partial charge is 0.243 e. The van der Waals surface area contributed by atoms with E-state index in [-0.39, 0.29) is 10.8 Å². The predicted octanol–water partition coefficient (Wildman–Crippen LogP) is 0.579. The van der Waals surface area contributed by atoms with Crippen LogP contribution in [0.5, 0.6) is 0 Å². The molecule has 0 aliphatic heterocycles. The van der Waals surface area contributed by atoms with E-state index in [1.165, 1.54) is 13.1 Å². The zero-order valence-corrected chi connectivity index (χ0v) is 12.3. The van der Waals surface area contributed by atoms with Gasteiger partial charge in [-0.05, 0) is 45.5 Å². The number of hydrogen-bond donors (Lipinski definition) is 3. The Bertz CT molecular complexity index is 589. The average Bonchev–Trinajstić information content (AvgIpc) is 2.30. The second-order valence-electron chi connectivity index (χ2n) is 4.81. The molecule has 1 rings (SSSR count). The summed E-state index contributed by atoms with van der Waals surface area (Å²) in [6.07, 6.45) is 0. The van der Waals surface area contributed by atoms with Gasteiger partial charge in [-0.3, -0.25) is 4.79 Å². The summed E-state index contributed by atoms with van der Waals surface area (Å²) in [7, 11) is -2.22. The minimum absolute atomic E-state index is 0.127. The van der Waals surface area contributed by atoms with Crippen molar-refractivity contribution in [2.75, 3.05) is 12.4 Å². The molecule has 4 N–H and O–H groups in total. The highest BCUT2D eigenvalue weighted by atomic mass is 32.2. The van der Waals surface area contributed by atoms with Gasteiger partial charge in [0, 0.05) is 5.69 Å². The standard InChI is InChI=1S/C12H19N3O3S/c1-8-9(15-11(16)12(2,3)13)6-5-7-10(8)19(17,18)14-4/h5-7,14H,13H2,1-4H3,(H,15,16). The SMILES string of the molecule is CNS(=O)(=O)c1cccc(NC(=O)C(C)(C)N)c1C. The van der Waals surface area contributed by atoms with Crippen molar-refractivity contribution < 1.29 is 13.2 Å². The molecule has 106 valence electrons. The van der Waals surface area contributed by atoms with Crippen LogP contribution >= 0.6 is 0 Å². The number of carbonyl (C=O) groups excluding carboxylic acids is 1. The van der Waals surface area contributed by atoms with Crippen molar-refractivity contribution in [3.63, 3.8) is 0 Å². The summed E-state index contributed by atoms with van der Waals surface area (Å²) in [5, 5.41) is 2.63. The fourth-order valence-corrected chi connectivity index (χ4v) is 2.43. The van der Waals surface area contributed by atoms with E-state index in [4.69, 9.17) is 5.73 Å². The number of anilines is 1. The molecule has 1 aromatic rings. The molecule has 1 aromatic carbocycles. The van der Waals surface area contributed by atoms with Crippen LogP contribution in [0.3, 0.4) is 0 Å². The maximum absolute atomic E-state index is 11.8. The third-order valence-corrected chi connectivity index (χ3v) is 4.23. The van der Waals surface area contributed by atoms with Gasteiger partial charge in [0.15, 0.2) is 0 Å². The number of rotatable bonds is 4. The zero-order chi connectivity index (χ0) is 14.8. The van der Waals surface area contributed by atoms with Crippen molar-refractivity contribution in [1.82, 2.24) is 4.72 Å². The van der Waals surface area contributed by atoms with Crippen molar-refractivity contribution >= 4 is 21.6 Å². The monoisotopic (exact) mass is 285 g/mol. The van der Waals surface area contributed by atoms with Gasteiger partial charge in [-0.15, -0.1) is 0 Å². The van der Waals surface area contributed by atoms with Gasteiger partial charge in [-0.25, -0.2) is 13.1 Å². The molecule has 0 unspecified atom stereocenters. The van der Waals surface area contributed by atoms with Crippen molar-refractivity contribution in [3.05, 3.63) is 23.8 Å². The average molecular weight is 285 g/mol. The van der Waals surface area contributed by atoms with Crippen molar-refractivity contribution in [3.8, 4) is 0 Å². The minimum Gasteiger partial charge on any atom is -0.324 e. The summed E-state index contributed by atoms with van der Waals surface area (Å²) >= 11 is 0. The molecule has 0 aliphatic rings. The molecule has 0 fully saturated rings. The summed E-state index contributed by atoms with van der Waals surface area (Å²) in [4.78, 5) is 11.9. The summed E-state index contributed by atoms with van der Waals surface area (Å²) in [5.41, 5.74) is 5.54. The first-order valence-electron chi connectivity index (χ1n) is 5.73. The van der Waals surface area contributed by atoms with Gasteiger partial charge in [0.2, 0.25) is 15.9 Å². The Morgan fingerprint density at radius 2 is 1.89 bits per heavy atom. The quantitative estimate of drug-likeness (QED) is 0.753. The maximum Gasteiger partial charge on any atom is 0.243 e. The minimum atomic E-state index is -3.56. The van der Waals surface area contributed by atoms with Gasteiger partial charge in [-0.2, -0.15) is 0 Å². The van der Waals surface area contributed by atoms with Gasteiger partial charge in [0.05, 0.1) is 10.4 Å². The van der Waals surface area contributed by atoms with Crippen molar-refractivity contribution in [1.29, 1.82) is 0 Å². The molecule has 0 saturated heterocycles. The zero-order valence-electron chi connectivity index (χ0n) is 11.4. The molecule has 0 radical (unpaired) electrons. The Hall–Kier alpha value is -1.44. The Kier molecular flexibility index (Phi) is 4.34. The first kappa shape index (κ1) is 15.6. The Morgan fingerprint density at radius 1 is 1.32 bits per heavy atom. The lowest BCUT2D eigenvalue weighted by Crippen LogP contribution is -2.45. The molecular weight excluding hydrogens is 266 g/mol. The fourth-order valence-electron chi connectivity index (χ4n) is 1.43. The van der Waals surface area contributed by atoms with Crippen molar-refractivity contribution in [2.45, 2.75) is 31.2 Å². The van der Waals surface area contributed by atoms with E-state index in [0.717, 1.165) is 0 Å².